The van der Waals surface area contributed by atoms with Crippen molar-refractivity contribution in [1.29, 1.82) is 0 Å². The molecular weight excluding hydrogens is 254 g/mol. The van der Waals surface area contributed by atoms with Gasteiger partial charge in [0.25, 0.3) is 0 Å². The van der Waals surface area contributed by atoms with Gasteiger partial charge < -0.3 is 20.3 Å². The molecule has 4 rings (SSSR count). The van der Waals surface area contributed by atoms with Crippen molar-refractivity contribution in [3.05, 3.63) is 46.5 Å². The first-order valence-electron chi connectivity index (χ1n) is 6.72. The summed E-state index contributed by atoms with van der Waals surface area (Å²) in [6, 6.07) is 7.51. The van der Waals surface area contributed by atoms with Gasteiger partial charge in [-0.15, -0.1) is 0 Å². The first kappa shape index (κ1) is 11.6. The Morgan fingerprint density at radius 2 is 2.10 bits per heavy atom. The van der Waals surface area contributed by atoms with Crippen LogP contribution in [0.15, 0.2) is 24.3 Å². The van der Waals surface area contributed by atoms with Crippen LogP contribution >= 0.6 is 0 Å². The first-order valence-corrected chi connectivity index (χ1v) is 6.72. The molecule has 1 unspecified atom stereocenters. The number of benzene rings is 2. The lowest BCUT2D eigenvalue weighted by atomic mass is 9.82. The van der Waals surface area contributed by atoms with E-state index in [9.17, 15) is 10.2 Å². The maximum Gasteiger partial charge on any atom is 0.201 e. The van der Waals surface area contributed by atoms with E-state index in [1.165, 1.54) is 17.2 Å². The van der Waals surface area contributed by atoms with E-state index in [0.29, 0.717) is 5.75 Å². The highest BCUT2D eigenvalue weighted by atomic mass is 16.5. The Morgan fingerprint density at radius 1 is 1.25 bits per heavy atom. The summed E-state index contributed by atoms with van der Waals surface area (Å²) >= 11 is 0. The van der Waals surface area contributed by atoms with E-state index in [4.69, 9.17) is 4.74 Å². The van der Waals surface area contributed by atoms with Crippen LogP contribution in [0.1, 0.15) is 28.2 Å². The molecule has 2 heterocycles. The van der Waals surface area contributed by atoms with E-state index in [0.717, 1.165) is 30.0 Å². The predicted molar refractivity (Wildman–Crippen MR) is 74.6 cm³/mol. The van der Waals surface area contributed by atoms with Crippen LogP contribution in [0.2, 0.25) is 0 Å². The zero-order valence-corrected chi connectivity index (χ0v) is 11.1. The molecule has 0 saturated carbocycles. The van der Waals surface area contributed by atoms with Crippen molar-refractivity contribution < 1.29 is 14.9 Å². The fourth-order valence-electron chi connectivity index (χ4n) is 3.25. The standard InChI is InChI=1S/C16H15NO3/c1-8-4-9-6-17-7-11-10-2-3-12(18)15(19)16(10)20-13(5-8)14(9)11/h2-5,11,17-19H,6-7H2,1H3. The number of nitrogens with one attached hydrogen (secondary N) is 1. The topological polar surface area (TPSA) is 61.7 Å². The van der Waals surface area contributed by atoms with E-state index >= 15 is 0 Å². The second kappa shape index (κ2) is 3.90. The summed E-state index contributed by atoms with van der Waals surface area (Å²) in [6.45, 7) is 3.68. The number of fused-ring (bicyclic) bond motifs is 2. The molecule has 4 nitrogen and oxygen atoms in total. The summed E-state index contributed by atoms with van der Waals surface area (Å²) in [6.07, 6.45) is 0. The SMILES string of the molecule is Cc1cc2c3c(c1)Oc1c(ccc(O)c1O)C3CNC2. The number of hydrogen-bond acceptors (Lipinski definition) is 4. The zero-order chi connectivity index (χ0) is 13.9. The smallest absolute Gasteiger partial charge is 0.201 e. The fraction of sp³-hybridized carbons (Fsp3) is 0.250. The highest BCUT2D eigenvalue weighted by Crippen LogP contribution is 2.52. The maximum atomic E-state index is 10.0. The monoisotopic (exact) mass is 269 g/mol. The van der Waals surface area contributed by atoms with Gasteiger partial charge in [0, 0.05) is 30.1 Å². The van der Waals surface area contributed by atoms with Crippen molar-refractivity contribution >= 4 is 0 Å². The number of phenols is 2. The summed E-state index contributed by atoms with van der Waals surface area (Å²) in [5.41, 5.74) is 4.50. The summed E-state index contributed by atoms with van der Waals surface area (Å²) in [5.74, 6) is 0.998. The minimum absolute atomic E-state index is 0.149. The Labute approximate surface area is 116 Å². The Kier molecular flexibility index (Phi) is 2.26. The van der Waals surface area contributed by atoms with Gasteiger partial charge in [-0.3, -0.25) is 0 Å². The van der Waals surface area contributed by atoms with Gasteiger partial charge in [0.2, 0.25) is 5.75 Å². The fourth-order valence-corrected chi connectivity index (χ4v) is 3.25. The van der Waals surface area contributed by atoms with Crippen LogP contribution in [0, 0.1) is 6.92 Å². The molecule has 0 spiro atoms. The van der Waals surface area contributed by atoms with E-state index in [1.807, 2.05) is 19.1 Å². The molecule has 0 fully saturated rings. The van der Waals surface area contributed by atoms with E-state index < -0.39 is 0 Å². The van der Waals surface area contributed by atoms with Crippen LogP contribution < -0.4 is 10.1 Å². The molecule has 2 aliphatic heterocycles. The molecule has 0 bridgehead atoms. The Hall–Kier alpha value is -2.20. The summed E-state index contributed by atoms with van der Waals surface area (Å²) in [7, 11) is 0. The van der Waals surface area contributed by atoms with Crippen LogP contribution in [0.4, 0.5) is 0 Å². The molecule has 20 heavy (non-hydrogen) atoms. The molecule has 0 aromatic heterocycles. The van der Waals surface area contributed by atoms with Crippen molar-refractivity contribution in [2.45, 2.75) is 19.4 Å². The van der Waals surface area contributed by atoms with E-state index in [2.05, 4.69) is 11.4 Å². The highest BCUT2D eigenvalue weighted by molar-refractivity contribution is 5.64. The van der Waals surface area contributed by atoms with Gasteiger partial charge >= 0.3 is 0 Å². The van der Waals surface area contributed by atoms with Crippen molar-refractivity contribution in [3.8, 4) is 23.0 Å². The average Bonchev–Trinajstić information content (AvgIpc) is 2.43. The van der Waals surface area contributed by atoms with Gasteiger partial charge in [-0.05, 0) is 30.2 Å². The second-order valence-electron chi connectivity index (χ2n) is 5.47. The van der Waals surface area contributed by atoms with Crippen LogP contribution in [-0.4, -0.2) is 16.8 Å². The summed E-state index contributed by atoms with van der Waals surface area (Å²) in [4.78, 5) is 0. The lowest BCUT2D eigenvalue weighted by Crippen LogP contribution is -2.31. The molecule has 2 aliphatic rings. The van der Waals surface area contributed by atoms with E-state index in [-0.39, 0.29) is 17.4 Å². The van der Waals surface area contributed by atoms with Crippen LogP contribution in [0.5, 0.6) is 23.0 Å². The number of ether oxygens (including phenoxy) is 1. The molecule has 0 radical (unpaired) electrons. The van der Waals surface area contributed by atoms with Gasteiger partial charge in [0.1, 0.15) is 5.75 Å². The van der Waals surface area contributed by atoms with Crippen molar-refractivity contribution in [2.24, 2.45) is 0 Å². The van der Waals surface area contributed by atoms with Crippen molar-refractivity contribution in [1.82, 2.24) is 5.32 Å². The Balaban J connectivity index is 1.99. The number of phenolic OH excluding ortho intramolecular Hbond substituents is 2. The average molecular weight is 269 g/mol. The van der Waals surface area contributed by atoms with Gasteiger partial charge in [-0.2, -0.15) is 0 Å². The molecule has 0 aliphatic carbocycles. The third kappa shape index (κ3) is 1.45. The van der Waals surface area contributed by atoms with Crippen LogP contribution in [0.25, 0.3) is 0 Å². The third-order valence-corrected chi connectivity index (χ3v) is 4.11. The molecule has 3 N–H and O–H groups in total. The van der Waals surface area contributed by atoms with Gasteiger partial charge in [-0.1, -0.05) is 12.1 Å². The number of aryl methyl sites for hydroxylation is 1. The molecule has 1 atom stereocenters. The van der Waals surface area contributed by atoms with Crippen LogP contribution in [0.3, 0.4) is 0 Å². The van der Waals surface area contributed by atoms with Gasteiger partial charge in [0.05, 0.1) is 0 Å². The van der Waals surface area contributed by atoms with Crippen molar-refractivity contribution in [3.63, 3.8) is 0 Å². The maximum absolute atomic E-state index is 10.0. The lowest BCUT2D eigenvalue weighted by Gasteiger charge is -2.34. The molecule has 0 saturated heterocycles. The summed E-state index contributed by atoms with van der Waals surface area (Å²) in [5, 5.41) is 23.1. The van der Waals surface area contributed by atoms with E-state index in [1.54, 1.807) is 0 Å². The molecule has 4 heteroatoms. The number of rotatable bonds is 0. The molecular formula is C16H15NO3. The quantitative estimate of drug-likeness (QED) is 0.644. The van der Waals surface area contributed by atoms with Gasteiger partial charge in [0.15, 0.2) is 11.5 Å². The van der Waals surface area contributed by atoms with Crippen LogP contribution in [-0.2, 0) is 6.54 Å². The molecule has 102 valence electrons. The minimum atomic E-state index is -0.179. The number of aromatic hydroxyl groups is 2. The normalized spacial score (nSPS) is 18.9. The summed E-state index contributed by atoms with van der Waals surface area (Å²) < 4.78 is 5.88. The minimum Gasteiger partial charge on any atom is -0.504 e. The number of hydrogen-bond donors (Lipinski definition) is 3. The van der Waals surface area contributed by atoms with Crippen molar-refractivity contribution in [2.75, 3.05) is 6.54 Å². The first-order chi connectivity index (χ1) is 9.65. The largest absolute Gasteiger partial charge is 0.504 e. The molecule has 2 aromatic rings. The third-order valence-electron chi connectivity index (χ3n) is 4.11. The Bertz CT molecular complexity index is 724. The Morgan fingerprint density at radius 3 is 2.95 bits per heavy atom. The molecule has 0 amide bonds. The lowest BCUT2D eigenvalue weighted by molar-refractivity contribution is 0.357. The zero-order valence-electron chi connectivity index (χ0n) is 11.1. The van der Waals surface area contributed by atoms with Gasteiger partial charge in [-0.25, -0.2) is 0 Å². The molecule has 2 aromatic carbocycles. The highest BCUT2D eigenvalue weighted by Gasteiger charge is 2.34. The second-order valence-corrected chi connectivity index (χ2v) is 5.47. The predicted octanol–water partition coefficient (Wildman–Crippen LogP) is 2.75.